The first-order valence-corrected chi connectivity index (χ1v) is 28.3. The lowest BCUT2D eigenvalue weighted by molar-refractivity contribution is -0.870. The van der Waals surface area contributed by atoms with Gasteiger partial charge in [-0.25, -0.2) is 4.57 Å². The zero-order chi connectivity index (χ0) is 47.8. The number of likely N-dealkylation sites (N-methyl/N-ethyl adjacent to an activating group) is 1. The Morgan fingerprint density at radius 1 is 0.538 bits per heavy atom. The van der Waals surface area contributed by atoms with Crippen LogP contribution in [0.1, 0.15) is 226 Å². The molecule has 0 aromatic rings. The normalized spacial score (nSPS) is 14.6. The molecule has 3 atom stereocenters. The Morgan fingerprint density at radius 3 is 1.35 bits per heavy atom. The van der Waals surface area contributed by atoms with E-state index in [9.17, 15) is 19.4 Å². The highest BCUT2D eigenvalue weighted by Gasteiger charge is 2.27. The fraction of sp³-hybridized carbons (Fsp3) is 0.768. The molecular formula is C56H104N2O6P+. The molecule has 0 rings (SSSR count). The van der Waals surface area contributed by atoms with E-state index in [1.807, 2.05) is 27.2 Å². The van der Waals surface area contributed by atoms with Crippen LogP contribution >= 0.6 is 7.82 Å². The van der Waals surface area contributed by atoms with E-state index in [1.54, 1.807) is 6.08 Å². The van der Waals surface area contributed by atoms with Crippen molar-refractivity contribution in [2.24, 2.45) is 0 Å². The maximum absolute atomic E-state index is 13.0. The van der Waals surface area contributed by atoms with Crippen LogP contribution < -0.4 is 5.32 Å². The van der Waals surface area contributed by atoms with Crippen molar-refractivity contribution in [2.75, 3.05) is 40.9 Å². The number of unbranched alkanes of at least 4 members (excludes halogenated alkanes) is 25. The SMILES string of the molecule is CC/C=C\C/C=C\C/C=C\C/C=C\C/C=C\CCCCCCCCCC(=O)NC(COP(=O)(O)OCC[N+](C)(C)C)C(O)/C=C/CCCCCCCCCCCCCCCCCCCC. The third-order valence-corrected chi connectivity index (χ3v) is 12.7. The molecule has 8 nitrogen and oxygen atoms in total. The van der Waals surface area contributed by atoms with Gasteiger partial charge in [0.05, 0.1) is 39.9 Å². The van der Waals surface area contributed by atoms with Crippen LogP contribution in [0.2, 0.25) is 0 Å². The van der Waals surface area contributed by atoms with Gasteiger partial charge < -0.3 is 19.8 Å². The van der Waals surface area contributed by atoms with Crippen molar-refractivity contribution in [1.82, 2.24) is 5.32 Å². The number of quaternary nitrogens is 1. The Bertz CT molecular complexity index is 1290. The molecular weight excluding hydrogens is 828 g/mol. The summed E-state index contributed by atoms with van der Waals surface area (Å²) in [5.74, 6) is -0.190. The number of nitrogens with one attached hydrogen (secondary N) is 1. The maximum Gasteiger partial charge on any atom is 0.472 e. The summed E-state index contributed by atoms with van der Waals surface area (Å²) in [4.78, 5) is 23.3. The van der Waals surface area contributed by atoms with Crippen LogP contribution in [-0.2, 0) is 18.4 Å². The zero-order valence-electron chi connectivity index (χ0n) is 43.0. The van der Waals surface area contributed by atoms with Gasteiger partial charge in [-0.15, -0.1) is 0 Å². The number of aliphatic hydroxyl groups excluding tert-OH is 1. The summed E-state index contributed by atoms with van der Waals surface area (Å²) in [6.45, 7) is 4.70. The van der Waals surface area contributed by atoms with E-state index in [4.69, 9.17) is 9.05 Å². The quantitative estimate of drug-likeness (QED) is 0.0243. The van der Waals surface area contributed by atoms with Crippen LogP contribution in [0, 0.1) is 0 Å². The number of hydrogen-bond acceptors (Lipinski definition) is 5. The summed E-state index contributed by atoms with van der Waals surface area (Å²) >= 11 is 0. The van der Waals surface area contributed by atoms with Gasteiger partial charge in [0.1, 0.15) is 13.2 Å². The van der Waals surface area contributed by atoms with Gasteiger partial charge in [-0.1, -0.05) is 228 Å². The highest BCUT2D eigenvalue weighted by molar-refractivity contribution is 7.47. The molecule has 3 N–H and O–H groups in total. The fourth-order valence-corrected chi connectivity index (χ4v) is 8.22. The van der Waals surface area contributed by atoms with Crippen LogP contribution in [0.4, 0.5) is 0 Å². The first-order valence-electron chi connectivity index (χ1n) is 26.8. The average Bonchev–Trinajstić information content (AvgIpc) is 3.26. The van der Waals surface area contributed by atoms with Crippen LogP contribution in [0.15, 0.2) is 72.9 Å². The van der Waals surface area contributed by atoms with Gasteiger partial charge in [-0.2, -0.15) is 0 Å². The van der Waals surface area contributed by atoms with Crippen molar-refractivity contribution in [1.29, 1.82) is 0 Å². The monoisotopic (exact) mass is 932 g/mol. The van der Waals surface area contributed by atoms with Crippen molar-refractivity contribution >= 4 is 13.7 Å². The number of phosphoric acid groups is 1. The van der Waals surface area contributed by atoms with Gasteiger partial charge in [-0.3, -0.25) is 13.8 Å². The molecule has 0 aliphatic carbocycles. The second-order valence-electron chi connectivity index (χ2n) is 19.2. The van der Waals surface area contributed by atoms with E-state index < -0.39 is 20.0 Å². The minimum Gasteiger partial charge on any atom is -0.387 e. The molecule has 0 saturated heterocycles. The third kappa shape index (κ3) is 49.7. The first-order chi connectivity index (χ1) is 31.5. The summed E-state index contributed by atoms with van der Waals surface area (Å²) in [5.41, 5.74) is 0. The van der Waals surface area contributed by atoms with Gasteiger partial charge in [0, 0.05) is 6.42 Å². The highest BCUT2D eigenvalue weighted by Crippen LogP contribution is 2.43. The Hall–Kier alpha value is -2.06. The highest BCUT2D eigenvalue weighted by atomic mass is 31.2. The van der Waals surface area contributed by atoms with Crippen LogP contribution in [0.5, 0.6) is 0 Å². The average molecular weight is 932 g/mol. The lowest BCUT2D eigenvalue weighted by Gasteiger charge is -2.25. The van der Waals surface area contributed by atoms with Gasteiger partial charge in [0.15, 0.2) is 0 Å². The second kappa shape index (κ2) is 47.0. The van der Waals surface area contributed by atoms with Crippen molar-refractivity contribution in [3.8, 4) is 0 Å². The first kappa shape index (κ1) is 62.9. The number of amides is 1. The van der Waals surface area contributed by atoms with Crippen LogP contribution in [0.3, 0.4) is 0 Å². The van der Waals surface area contributed by atoms with Crippen LogP contribution in [0.25, 0.3) is 0 Å². The minimum absolute atomic E-state index is 0.0560. The molecule has 0 aliphatic heterocycles. The molecule has 0 spiro atoms. The van der Waals surface area contributed by atoms with Crippen molar-refractivity contribution in [3.63, 3.8) is 0 Å². The standard InChI is InChI=1S/C56H103N2O6P/c1-6-8-10-12-14-16-18-20-22-24-26-28-29-30-32-34-36-38-40-42-44-46-48-50-56(60)57-54(53-64-65(61,62)63-52-51-58(3,4)5)55(59)49-47-45-43-41-39-37-35-33-31-27-25-23-21-19-17-15-13-11-9-7-2/h8,10,14,16,20,22,26,28,30,32,47,49,54-55,59H,6-7,9,11-13,15,17-19,21,23-25,27,29,31,33-46,48,50-53H2,1-5H3,(H-,57,60,61,62)/p+1/b10-8-,16-14-,22-20-,28-26-,32-30-,49-47+. The molecule has 0 saturated carbocycles. The van der Waals surface area contributed by atoms with E-state index in [1.165, 1.54) is 122 Å². The Balaban J connectivity index is 4.32. The zero-order valence-corrected chi connectivity index (χ0v) is 43.9. The van der Waals surface area contributed by atoms with Gasteiger partial charge in [-0.05, 0) is 64.2 Å². The summed E-state index contributed by atoms with van der Waals surface area (Å²) < 4.78 is 23.7. The van der Waals surface area contributed by atoms with E-state index in [0.29, 0.717) is 17.4 Å². The van der Waals surface area contributed by atoms with Gasteiger partial charge in [0.25, 0.3) is 0 Å². The summed E-state index contributed by atoms with van der Waals surface area (Å²) in [7, 11) is 1.56. The molecule has 0 aliphatic rings. The minimum atomic E-state index is -4.35. The second-order valence-corrected chi connectivity index (χ2v) is 20.7. The topological polar surface area (TPSA) is 105 Å². The molecule has 378 valence electrons. The van der Waals surface area contributed by atoms with E-state index in [2.05, 4.69) is 79.9 Å². The van der Waals surface area contributed by atoms with Crippen LogP contribution in [-0.4, -0.2) is 73.4 Å². The molecule has 0 aromatic carbocycles. The number of aliphatic hydroxyl groups is 1. The maximum atomic E-state index is 13.0. The van der Waals surface area contributed by atoms with Gasteiger partial charge >= 0.3 is 7.82 Å². The molecule has 0 fully saturated rings. The molecule has 3 unspecified atom stereocenters. The van der Waals surface area contributed by atoms with E-state index in [-0.39, 0.29) is 19.1 Å². The fourth-order valence-electron chi connectivity index (χ4n) is 7.48. The van der Waals surface area contributed by atoms with Crippen molar-refractivity contribution in [3.05, 3.63) is 72.9 Å². The molecule has 0 heterocycles. The number of allylic oxidation sites excluding steroid dienone is 11. The summed E-state index contributed by atoms with van der Waals surface area (Å²) in [5, 5.41) is 13.9. The summed E-state index contributed by atoms with van der Waals surface area (Å²) in [6, 6.07) is -0.857. The number of carbonyl (C=O) groups excluding carboxylic acids is 1. The summed E-state index contributed by atoms with van der Waals surface area (Å²) in [6.07, 6.45) is 64.1. The molecule has 1 amide bonds. The Morgan fingerprint density at radius 2 is 0.923 bits per heavy atom. The van der Waals surface area contributed by atoms with Gasteiger partial charge in [0.2, 0.25) is 5.91 Å². The Kier molecular flexibility index (Phi) is 45.5. The van der Waals surface area contributed by atoms with Crippen molar-refractivity contribution < 1.29 is 32.9 Å². The predicted molar refractivity (Wildman–Crippen MR) is 281 cm³/mol. The van der Waals surface area contributed by atoms with Crippen molar-refractivity contribution in [2.45, 2.75) is 238 Å². The number of rotatable bonds is 48. The predicted octanol–water partition coefficient (Wildman–Crippen LogP) is 15.9. The lowest BCUT2D eigenvalue weighted by Crippen LogP contribution is -2.45. The number of phosphoric ester groups is 1. The van der Waals surface area contributed by atoms with E-state index >= 15 is 0 Å². The third-order valence-electron chi connectivity index (χ3n) is 11.7. The molecule has 0 bridgehead atoms. The molecule has 0 aromatic heterocycles. The number of carbonyl (C=O) groups is 1. The Labute approximate surface area is 402 Å². The largest absolute Gasteiger partial charge is 0.472 e. The number of nitrogens with zero attached hydrogens (tertiary/aromatic N) is 1. The van der Waals surface area contributed by atoms with E-state index in [0.717, 1.165) is 83.5 Å². The lowest BCUT2D eigenvalue weighted by atomic mass is 10.0. The molecule has 65 heavy (non-hydrogen) atoms. The molecule has 9 heteroatoms. The molecule has 0 radical (unpaired) electrons. The smallest absolute Gasteiger partial charge is 0.387 e. The number of hydrogen-bond donors (Lipinski definition) is 3.